The maximum absolute atomic E-state index is 15.1. The van der Waals surface area contributed by atoms with Crippen LogP contribution < -0.4 is 5.43 Å². The first kappa shape index (κ1) is 21.2. The van der Waals surface area contributed by atoms with E-state index < -0.39 is 58.4 Å². The Labute approximate surface area is 184 Å². The van der Waals surface area contributed by atoms with E-state index in [0.29, 0.717) is 19.4 Å². The molecule has 1 saturated heterocycles. The van der Waals surface area contributed by atoms with Gasteiger partial charge >= 0.3 is 0 Å². The van der Waals surface area contributed by atoms with Gasteiger partial charge in [0.1, 0.15) is 0 Å². The quantitative estimate of drug-likeness (QED) is 0.609. The maximum atomic E-state index is 15.1. The molecule has 3 atom stereocenters. The lowest BCUT2D eigenvalue weighted by Gasteiger charge is -2.42. The van der Waals surface area contributed by atoms with Gasteiger partial charge in [0.15, 0.2) is 34.7 Å². The van der Waals surface area contributed by atoms with E-state index in [1.807, 2.05) is 0 Å². The van der Waals surface area contributed by atoms with Crippen molar-refractivity contribution in [3.63, 3.8) is 0 Å². The average molecular weight is 459 g/mol. The van der Waals surface area contributed by atoms with Crippen LogP contribution in [0.15, 0.2) is 47.4 Å². The highest BCUT2D eigenvalue weighted by atomic mass is 19.2. The molecule has 1 unspecified atom stereocenters. The number of rotatable bonds is 3. The molecule has 6 nitrogen and oxygen atoms in total. The van der Waals surface area contributed by atoms with Gasteiger partial charge in [-0.15, -0.1) is 0 Å². The SMILES string of the molecule is O=C1c2c(O)c(=O)cnn2[C@@H](C(c2ccc(F)c(F)c2)c2cccc(F)c2F)[C@H]2CCCN12. The van der Waals surface area contributed by atoms with Crippen molar-refractivity contribution in [3.05, 3.63) is 92.9 Å². The zero-order valence-electron chi connectivity index (χ0n) is 17.0. The molecule has 0 radical (unpaired) electrons. The molecule has 0 bridgehead atoms. The Bertz CT molecular complexity index is 1340. The number of carbonyl (C=O) groups excluding carboxylic acids is 1. The van der Waals surface area contributed by atoms with E-state index in [9.17, 15) is 27.9 Å². The van der Waals surface area contributed by atoms with E-state index in [2.05, 4.69) is 5.10 Å². The molecule has 1 N–H and O–H groups in total. The number of hydrogen-bond donors (Lipinski definition) is 1. The highest BCUT2D eigenvalue weighted by molar-refractivity contribution is 5.96. The molecule has 0 spiro atoms. The number of hydrogen-bond acceptors (Lipinski definition) is 4. The smallest absolute Gasteiger partial charge is 0.276 e. The predicted molar refractivity (Wildman–Crippen MR) is 108 cm³/mol. The number of benzene rings is 2. The summed E-state index contributed by atoms with van der Waals surface area (Å²) in [5.41, 5.74) is -1.28. The first-order valence-electron chi connectivity index (χ1n) is 10.3. The van der Waals surface area contributed by atoms with Crippen molar-refractivity contribution in [1.29, 1.82) is 0 Å². The molecule has 170 valence electrons. The van der Waals surface area contributed by atoms with Gasteiger partial charge in [0, 0.05) is 18.0 Å². The molecule has 1 fully saturated rings. The fourth-order valence-corrected chi connectivity index (χ4v) is 4.97. The van der Waals surface area contributed by atoms with Crippen molar-refractivity contribution in [3.8, 4) is 5.75 Å². The summed E-state index contributed by atoms with van der Waals surface area (Å²) in [5.74, 6) is -7.15. The third-order valence-electron chi connectivity index (χ3n) is 6.39. The summed E-state index contributed by atoms with van der Waals surface area (Å²) >= 11 is 0. The first-order valence-corrected chi connectivity index (χ1v) is 10.3. The predicted octanol–water partition coefficient (Wildman–Crippen LogP) is 3.50. The molecule has 1 amide bonds. The average Bonchev–Trinajstić information content (AvgIpc) is 3.28. The summed E-state index contributed by atoms with van der Waals surface area (Å²) < 4.78 is 58.4. The lowest BCUT2D eigenvalue weighted by molar-refractivity contribution is 0.0564. The van der Waals surface area contributed by atoms with Crippen molar-refractivity contribution in [2.75, 3.05) is 6.54 Å². The molecule has 2 aliphatic heterocycles. The lowest BCUT2D eigenvalue weighted by atomic mass is 9.79. The number of nitrogens with zero attached hydrogens (tertiary/aromatic N) is 3. The Kier molecular flexibility index (Phi) is 4.95. The van der Waals surface area contributed by atoms with Crippen molar-refractivity contribution in [1.82, 2.24) is 14.7 Å². The van der Waals surface area contributed by atoms with Gasteiger partial charge in [-0.2, -0.15) is 5.10 Å². The maximum Gasteiger partial charge on any atom is 0.276 e. The summed E-state index contributed by atoms with van der Waals surface area (Å²) in [6.45, 7) is 0.318. The summed E-state index contributed by atoms with van der Waals surface area (Å²) in [6, 6.07) is 5.07. The molecule has 33 heavy (non-hydrogen) atoms. The lowest BCUT2D eigenvalue weighted by Crippen LogP contribution is -2.51. The number of aromatic hydroxyl groups is 1. The van der Waals surface area contributed by atoms with E-state index in [1.54, 1.807) is 0 Å². The second-order valence-electron chi connectivity index (χ2n) is 8.14. The van der Waals surface area contributed by atoms with Crippen molar-refractivity contribution in [2.45, 2.75) is 30.8 Å². The standard InChI is InChI=1S/C23H17F4N3O3/c24-13-7-6-11(9-15(13)26)18(12-3-1-4-14(25)19(12)27)20-16-5-2-8-29(16)23(33)21-22(32)17(31)10-28-30(20)21/h1,3-4,6-7,9-10,16,18,20,32H,2,5,8H2/t16-,18?,20-/m1/s1. The van der Waals surface area contributed by atoms with E-state index >= 15 is 4.39 Å². The van der Waals surface area contributed by atoms with E-state index in [1.165, 1.54) is 23.1 Å². The molecule has 0 saturated carbocycles. The van der Waals surface area contributed by atoms with E-state index in [4.69, 9.17) is 0 Å². The minimum atomic E-state index is -1.18. The fourth-order valence-electron chi connectivity index (χ4n) is 4.97. The molecule has 0 aliphatic carbocycles. The van der Waals surface area contributed by atoms with Gasteiger partial charge < -0.3 is 10.0 Å². The number of aromatic nitrogens is 2. The molecule has 10 heteroatoms. The molecule has 3 aromatic rings. The van der Waals surface area contributed by atoms with E-state index in [0.717, 1.165) is 29.1 Å². The Morgan fingerprint density at radius 3 is 2.58 bits per heavy atom. The van der Waals surface area contributed by atoms with Gasteiger partial charge in [0.2, 0.25) is 5.43 Å². The third-order valence-corrected chi connectivity index (χ3v) is 6.39. The monoisotopic (exact) mass is 459 g/mol. The van der Waals surface area contributed by atoms with Crippen LogP contribution in [0.5, 0.6) is 5.75 Å². The Morgan fingerprint density at radius 2 is 1.82 bits per heavy atom. The van der Waals surface area contributed by atoms with Crippen LogP contribution in [0.3, 0.4) is 0 Å². The molecule has 5 rings (SSSR count). The fraction of sp³-hybridized carbons (Fsp3) is 0.261. The normalized spacial score (nSPS) is 20.5. The largest absolute Gasteiger partial charge is 0.502 e. The third kappa shape index (κ3) is 3.20. The van der Waals surface area contributed by atoms with Gasteiger partial charge in [0.05, 0.1) is 18.3 Å². The van der Waals surface area contributed by atoms with Gasteiger partial charge in [-0.3, -0.25) is 14.3 Å². The van der Waals surface area contributed by atoms with Gasteiger partial charge in [-0.1, -0.05) is 18.2 Å². The van der Waals surface area contributed by atoms with Crippen LogP contribution >= 0.6 is 0 Å². The molecular formula is C23H17F4N3O3. The topological polar surface area (TPSA) is 75.4 Å². The second-order valence-corrected chi connectivity index (χ2v) is 8.14. The van der Waals surface area contributed by atoms with Crippen LogP contribution in [-0.2, 0) is 0 Å². The van der Waals surface area contributed by atoms with Crippen LogP contribution in [0.25, 0.3) is 0 Å². The number of amides is 1. The van der Waals surface area contributed by atoms with Crippen LogP contribution in [0.4, 0.5) is 17.6 Å². The molecule has 2 aliphatic rings. The first-order chi connectivity index (χ1) is 15.8. The van der Waals surface area contributed by atoms with Crippen LogP contribution in [0.2, 0.25) is 0 Å². The van der Waals surface area contributed by atoms with Crippen molar-refractivity contribution in [2.24, 2.45) is 0 Å². The number of halogens is 4. The molecule has 1 aromatic heterocycles. The molecule has 2 aromatic carbocycles. The minimum absolute atomic E-state index is 0.121. The zero-order chi connectivity index (χ0) is 23.4. The second kappa shape index (κ2) is 7.72. The Morgan fingerprint density at radius 1 is 1.03 bits per heavy atom. The van der Waals surface area contributed by atoms with Gasteiger partial charge in [-0.05, 0) is 36.6 Å². The number of carbonyl (C=O) groups is 1. The van der Waals surface area contributed by atoms with Gasteiger partial charge in [0.25, 0.3) is 5.91 Å². The highest BCUT2D eigenvalue weighted by Crippen LogP contribution is 2.46. The highest BCUT2D eigenvalue weighted by Gasteiger charge is 2.48. The number of fused-ring (bicyclic) bond motifs is 2. The molecular weight excluding hydrogens is 442 g/mol. The summed E-state index contributed by atoms with van der Waals surface area (Å²) in [7, 11) is 0. The molecule has 3 heterocycles. The van der Waals surface area contributed by atoms with Crippen molar-refractivity contribution < 1.29 is 27.5 Å². The Hall–Kier alpha value is -3.69. The van der Waals surface area contributed by atoms with Gasteiger partial charge in [-0.25, -0.2) is 17.6 Å². The summed E-state index contributed by atoms with van der Waals surface area (Å²) in [4.78, 5) is 26.5. The zero-order valence-corrected chi connectivity index (χ0v) is 17.0. The van der Waals surface area contributed by atoms with Crippen molar-refractivity contribution >= 4 is 5.91 Å². The Balaban J connectivity index is 1.82. The van der Waals surface area contributed by atoms with Crippen LogP contribution in [0, 0.1) is 23.3 Å². The minimum Gasteiger partial charge on any atom is -0.502 e. The summed E-state index contributed by atoms with van der Waals surface area (Å²) in [5, 5.41) is 14.4. The summed E-state index contributed by atoms with van der Waals surface area (Å²) in [6.07, 6.45) is 1.89. The van der Waals surface area contributed by atoms with E-state index in [-0.39, 0.29) is 16.8 Å². The van der Waals surface area contributed by atoms with Crippen LogP contribution in [0.1, 0.15) is 46.4 Å². The van der Waals surface area contributed by atoms with Crippen LogP contribution in [-0.4, -0.2) is 38.3 Å².